The first-order chi connectivity index (χ1) is 9.06. The van der Waals surface area contributed by atoms with E-state index in [0.717, 1.165) is 11.4 Å². The fourth-order valence-electron chi connectivity index (χ4n) is 1.72. The fraction of sp³-hybridized carbons (Fsp3) is 0.214. The Morgan fingerprint density at radius 1 is 1.37 bits per heavy atom. The van der Waals surface area contributed by atoms with Crippen molar-refractivity contribution in [3.8, 4) is 0 Å². The quantitative estimate of drug-likeness (QED) is 0.865. The van der Waals surface area contributed by atoms with E-state index in [9.17, 15) is 4.79 Å². The summed E-state index contributed by atoms with van der Waals surface area (Å²) in [5, 5.41) is 0.500. The molecule has 0 bridgehead atoms. The second-order valence-electron chi connectivity index (χ2n) is 4.29. The topological polar surface area (TPSA) is 46.1 Å². The first kappa shape index (κ1) is 13.5. The zero-order chi connectivity index (χ0) is 13.8. The van der Waals surface area contributed by atoms with Gasteiger partial charge >= 0.3 is 0 Å². The number of aryl methyl sites for hydroxylation is 1. The number of hydrogen-bond donors (Lipinski definition) is 0. The van der Waals surface area contributed by atoms with E-state index in [-0.39, 0.29) is 5.91 Å². The molecule has 2 heterocycles. The van der Waals surface area contributed by atoms with Crippen molar-refractivity contribution < 1.29 is 4.79 Å². The second-order valence-corrected chi connectivity index (χ2v) is 4.73. The molecule has 0 aliphatic carbocycles. The van der Waals surface area contributed by atoms with Crippen LogP contribution in [0.15, 0.2) is 36.5 Å². The number of rotatable bonds is 3. The number of nitrogens with zero attached hydrogens (tertiary/aromatic N) is 3. The Hall–Kier alpha value is -1.94. The summed E-state index contributed by atoms with van der Waals surface area (Å²) in [5.74, 6) is -0.175. The van der Waals surface area contributed by atoms with Crippen molar-refractivity contribution in [1.29, 1.82) is 0 Å². The molecule has 0 aliphatic heterocycles. The molecular formula is C14H14ClN3O. The summed E-state index contributed by atoms with van der Waals surface area (Å²) in [6.45, 7) is 2.36. The molecule has 0 radical (unpaired) electrons. The number of carbonyl (C=O) groups excluding carboxylic acids is 1. The summed E-state index contributed by atoms with van der Waals surface area (Å²) in [7, 11) is 1.72. The van der Waals surface area contributed by atoms with Crippen LogP contribution in [0.25, 0.3) is 0 Å². The smallest absolute Gasteiger partial charge is 0.272 e. The van der Waals surface area contributed by atoms with Gasteiger partial charge in [0.25, 0.3) is 5.91 Å². The van der Waals surface area contributed by atoms with Crippen LogP contribution in [0.1, 0.15) is 21.9 Å². The van der Waals surface area contributed by atoms with Gasteiger partial charge in [0.2, 0.25) is 0 Å². The monoisotopic (exact) mass is 275 g/mol. The molecule has 2 aromatic rings. The third kappa shape index (κ3) is 3.51. The Kier molecular flexibility index (Phi) is 4.12. The van der Waals surface area contributed by atoms with Gasteiger partial charge in [0, 0.05) is 24.0 Å². The van der Waals surface area contributed by atoms with Crippen LogP contribution < -0.4 is 0 Å². The van der Waals surface area contributed by atoms with E-state index in [2.05, 4.69) is 9.97 Å². The number of aromatic nitrogens is 2. The van der Waals surface area contributed by atoms with Crippen LogP contribution in [0.5, 0.6) is 0 Å². The van der Waals surface area contributed by atoms with Crippen molar-refractivity contribution in [1.82, 2.24) is 14.9 Å². The van der Waals surface area contributed by atoms with E-state index >= 15 is 0 Å². The van der Waals surface area contributed by atoms with Crippen LogP contribution in [0, 0.1) is 6.92 Å². The van der Waals surface area contributed by atoms with E-state index in [0.29, 0.717) is 17.3 Å². The molecule has 0 fully saturated rings. The minimum Gasteiger partial charge on any atom is -0.334 e. The Balaban J connectivity index is 2.12. The molecule has 5 heteroatoms. The van der Waals surface area contributed by atoms with Crippen LogP contribution >= 0.6 is 11.6 Å². The maximum absolute atomic E-state index is 12.2. The molecule has 0 aliphatic rings. The molecule has 1 amide bonds. The summed E-state index contributed by atoms with van der Waals surface area (Å²) in [4.78, 5) is 22.1. The third-order valence-corrected chi connectivity index (χ3v) is 2.87. The summed E-state index contributed by atoms with van der Waals surface area (Å²) < 4.78 is 0. The number of pyridine rings is 2. The van der Waals surface area contributed by atoms with Gasteiger partial charge in [-0.3, -0.25) is 14.8 Å². The second kappa shape index (κ2) is 5.80. The van der Waals surface area contributed by atoms with Crippen LogP contribution in [-0.2, 0) is 6.54 Å². The Morgan fingerprint density at radius 2 is 2.16 bits per heavy atom. The Labute approximate surface area is 117 Å². The zero-order valence-electron chi connectivity index (χ0n) is 10.8. The van der Waals surface area contributed by atoms with Crippen molar-refractivity contribution in [3.05, 3.63) is 58.6 Å². The number of amides is 1. The highest BCUT2D eigenvalue weighted by Crippen LogP contribution is 2.11. The predicted molar refractivity (Wildman–Crippen MR) is 74.0 cm³/mol. The van der Waals surface area contributed by atoms with Gasteiger partial charge in [-0.05, 0) is 31.2 Å². The average molecular weight is 276 g/mol. The van der Waals surface area contributed by atoms with E-state index in [4.69, 9.17) is 11.6 Å². The molecule has 0 unspecified atom stereocenters. The van der Waals surface area contributed by atoms with Crippen LogP contribution in [0.4, 0.5) is 0 Å². The summed E-state index contributed by atoms with van der Waals surface area (Å²) >= 11 is 5.85. The van der Waals surface area contributed by atoms with Crippen LogP contribution in [0.3, 0.4) is 0 Å². The van der Waals surface area contributed by atoms with Crippen molar-refractivity contribution in [2.75, 3.05) is 7.05 Å². The van der Waals surface area contributed by atoms with Gasteiger partial charge in [-0.2, -0.15) is 0 Å². The van der Waals surface area contributed by atoms with Gasteiger partial charge in [0.15, 0.2) is 0 Å². The third-order valence-electron chi connectivity index (χ3n) is 2.63. The minimum absolute atomic E-state index is 0.175. The van der Waals surface area contributed by atoms with E-state index in [1.54, 1.807) is 24.1 Å². The molecule has 2 aromatic heterocycles. The zero-order valence-corrected chi connectivity index (χ0v) is 11.6. The molecule has 0 N–H and O–H groups in total. The lowest BCUT2D eigenvalue weighted by Crippen LogP contribution is -2.27. The molecule has 0 saturated heterocycles. The maximum Gasteiger partial charge on any atom is 0.272 e. The summed E-state index contributed by atoms with van der Waals surface area (Å²) in [6, 6.07) is 8.93. The van der Waals surface area contributed by atoms with Gasteiger partial charge in [-0.25, -0.2) is 0 Å². The normalized spacial score (nSPS) is 10.3. The first-order valence-corrected chi connectivity index (χ1v) is 6.23. The fourth-order valence-corrected chi connectivity index (χ4v) is 1.88. The lowest BCUT2D eigenvalue weighted by atomic mass is 10.2. The van der Waals surface area contributed by atoms with Gasteiger partial charge in [-0.15, -0.1) is 0 Å². The van der Waals surface area contributed by atoms with Gasteiger partial charge in [0.1, 0.15) is 5.69 Å². The van der Waals surface area contributed by atoms with E-state index in [1.807, 2.05) is 25.1 Å². The maximum atomic E-state index is 12.2. The van der Waals surface area contributed by atoms with Crippen LogP contribution in [0.2, 0.25) is 5.02 Å². The Morgan fingerprint density at radius 3 is 2.84 bits per heavy atom. The summed E-state index contributed by atoms with van der Waals surface area (Å²) in [5.41, 5.74) is 2.11. The van der Waals surface area contributed by atoms with Crippen LogP contribution in [-0.4, -0.2) is 27.8 Å². The number of hydrogen-bond acceptors (Lipinski definition) is 3. The SMILES string of the molecule is Cc1cccc(CN(C)C(=O)c2cc(Cl)ccn2)n1. The largest absolute Gasteiger partial charge is 0.334 e. The molecule has 0 spiro atoms. The van der Waals surface area contributed by atoms with E-state index in [1.165, 1.54) is 6.20 Å². The highest BCUT2D eigenvalue weighted by molar-refractivity contribution is 6.30. The molecule has 0 atom stereocenters. The molecular weight excluding hydrogens is 262 g/mol. The van der Waals surface area contributed by atoms with Gasteiger partial charge in [0.05, 0.1) is 12.2 Å². The van der Waals surface area contributed by atoms with Gasteiger partial charge < -0.3 is 4.90 Å². The van der Waals surface area contributed by atoms with Crippen molar-refractivity contribution in [2.45, 2.75) is 13.5 Å². The molecule has 19 heavy (non-hydrogen) atoms. The lowest BCUT2D eigenvalue weighted by Gasteiger charge is -2.16. The number of halogens is 1. The Bertz CT molecular complexity index is 601. The van der Waals surface area contributed by atoms with Gasteiger partial charge in [-0.1, -0.05) is 17.7 Å². The highest BCUT2D eigenvalue weighted by atomic mass is 35.5. The highest BCUT2D eigenvalue weighted by Gasteiger charge is 2.14. The minimum atomic E-state index is -0.175. The predicted octanol–water partition coefficient (Wildman–Crippen LogP) is 2.71. The van der Waals surface area contributed by atoms with E-state index < -0.39 is 0 Å². The standard InChI is InChI=1S/C14H14ClN3O/c1-10-4-3-5-12(17-10)9-18(2)14(19)13-8-11(15)6-7-16-13/h3-8H,9H2,1-2H3. The molecule has 2 rings (SSSR count). The number of carbonyl (C=O) groups is 1. The molecule has 0 saturated carbocycles. The lowest BCUT2D eigenvalue weighted by molar-refractivity contribution is 0.0777. The average Bonchev–Trinajstić information content (AvgIpc) is 2.38. The molecule has 4 nitrogen and oxygen atoms in total. The first-order valence-electron chi connectivity index (χ1n) is 5.86. The van der Waals surface area contributed by atoms with Crippen molar-refractivity contribution in [3.63, 3.8) is 0 Å². The molecule has 0 aromatic carbocycles. The van der Waals surface area contributed by atoms with Crippen molar-refractivity contribution in [2.24, 2.45) is 0 Å². The molecule has 98 valence electrons. The summed E-state index contributed by atoms with van der Waals surface area (Å²) in [6.07, 6.45) is 1.52. The van der Waals surface area contributed by atoms with Crippen molar-refractivity contribution >= 4 is 17.5 Å².